The first kappa shape index (κ1) is 32.5. The highest BCUT2D eigenvalue weighted by Gasteiger charge is 2.57. The molecule has 214 valence electrons. The number of ether oxygens (including phenoxy) is 6. The number of unbranched alkanes of at least 4 members (excludes halogenated alkanes) is 4. The number of hydrogen-bond acceptors (Lipinski definition) is 7. The maximum Gasteiger partial charge on any atom is 0.222 e. The molecule has 1 aliphatic rings. The normalized spacial score (nSPS) is 25.9. The van der Waals surface area contributed by atoms with Gasteiger partial charge in [0.25, 0.3) is 0 Å². The molecule has 0 aliphatic carbocycles. The second-order valence-corrected chi connectivity index (χ2v) is 10.6. The Bertz CT molecular complexity index is 749. The van der Waals surface area contributed by atoms with E-state index >= 15 is 0 Å². The van der Waals surface area contributed by atoms with E-state index in [0.717, 1.165) is 55.8 Å². The second kappa shape index (κ2) is 17.8. The predicted octanol–water partition coefficient (Wildman–Crippen LogP) is 6.37. The first-order chi connectivity index (χ1) is 17.9. The van der Waals surface area contributed by atoms with Crippen LogP contribution in [0, 0.1) is 0 Å². The van der Waals surface area contributed by atoms with Crippen LogP contribution >= 0.6 is 15.9 Å². The van der Waals surface area contributed by atoms with Gasteiger partial charge in [0.1, 0.15) is 30.2 Å². The number of hydrogen-bond donors (Lipinski definition) is 1. The Hall–Kier alpha value is -0.740. The first-order valence-corrected chi connectivity index (χ1v) is 14.9. The number of aliphatic hydroxyl groups is 1. The maximum absolute atomic E-state index is 12.3. The SMILES string of the molecule is CCCCOC[C@H]1OC(O)(c2cc(Br)cc(OC)c2)[C@H](OCCCC)[C@@H](OCCCC)[C@@H]1OCCCC. The summed E-state index contributed by atoms with van der Waals surface area (Å²) < 4.78 is 38.1. The lowest BCUT2D eigenvalue weighted by Crippen LogP contribution is -2.66. The fourth-order valence-electron chi connectivity index (χ4n) is 4.34. The smallest absolute Gasteiger partial charge is 0.222 e. The molecule has 0 bridgehead atoms. The largest absolute Gasteiger partial charge is 0.497 e. The number of benzene rings is 1. The Kier molecular flexibility index (Phi) is 15.6. The van der Waals surface area contributed by atoms with E-state index in [1.54, 1.807) is 13.2 Å². The molecular weight excluding hydrogens is 540 g/mol. The van der Waals surface area contributed by atoms with Crippen LogP contribution in [-0.4, -0.2) is 69.7 Å². The average Bonchev–Trinajstić information content (AvgIpc) is 2.89. The number of halogens is 1. The lowest BCUT2D eigenvalue weighted by Gasteiger charge is -2.50. The van der Waals surface area contributed by atoms with Crippen molar-refractivity contribution >= 4 is 15.9 Å². The summed E-state index contributed by atoms with van der Waals surface area (Å²) >= 11 is 3.55. The molecule has 1 N–H and O–H groups in total. The van der Waals surface area contributed by atoms with Crippen LogP contribution in [0.2, 0.25) is 0 Å². The third-order valence-corrected chi connectivity index (χ3v) is 7.02. The van der Waals surface area contributed by atoms with Gasteiger partial charge in [-0.25, -0.2) is 0 Å². The van der Waals surface area contributed by atoms with Crippen molar-refractivity contribution in [3.05, 3.63) is 28.2 Å². The minimum Gasteiger partial charge on any atom is -0.497 e. The quantitative estimate of drug-likeness (QED) is 0.188. The standard InChI is InChI=1S/C29H49BrO7/c1-6-10-14-33-21-25-26(34-15-11-7-2)27(35-16-12-8-3)28(36-17-13-9-4)29(31,37-25)22-18-23(30)20-24(19-22)32-5/h18-20,25-28,31H,6-17,21H2,1-5H3/t25-,26-,27+,28-,29?/m1/s1. The van der Waals surface area contributed by atoms with Crippen molar-refractivity contribution in [1.29, 1.82) is 0 Å². The van der Waals surface area contributed by atoms with Crippen molar-refractivity contribution < 1.29 is 33.5 Å². The van der Waals surface area contributed by atoms with Gasteiger partial charge in [-0.15, -0.1) is 0 Å². The molecule has 0 spiro atoms. The minimum atomic E-state index is -1.79. The summed E-state index contributed by atoms with van der Waals surface area (Å²) in [6.07, 6.45) is 5.37. The molecule has 0 radical (unpaired) electrons. The molecule has 0 saturated carbocycles. The van der Waals surface area contributed by atoms with Crippen molar-refractivity contribution in [2.24, 2.45) is 0 Å². The minimum absolute atomic E-state index is 0.291. The first-order valence-electron chi connectivity index (χ1n) is 14.1. The van der Waals surface area contributed by atoms with Gasteiger partial charge in [0, 0.05) is 36.5 Å². The molecule has 1 aromatic rings. The zero-order valence-corrected chi connectivity index (χ0v) is 25.1. The van der Waals surface area contributed by atoms with Gasteiger partial charge in [0.05, 0.1) is 13.7 Å². The Morgan fingerprint density at radius 3 is 1.97 bits per heavy atom. The molecule has 1 saturated heterocycles. The predicted molar refractivity (Wildman–Crippen MR) is 149 cm³/mol. The fourth-order valence-corrected chi connectivity index (χ4v) is 4.81. The van der Waals surface area contributed by atoms with E-state index in [9.17, 15) is 5.11 Å². The van der Waals surface area contributed by atoms with E-state index in [4.69, 9.17) is 28.4 Å². The highest BCUT2D eigenvalue weighted by atomic mass is 79.9. The van der Waals surface area contributed by atoms with Crippen molar-refractivity contribution in [3.8, 4) is 5.75 Å². The summed E-state index contributed by atoms with van der Waals surface area (Å²) in [4.78, 5) is 0. The number of rotatable bonds is 19. The lowest BCUT2D eigenvalue weighted by molar-refractivity contribution is -0.375. The van der Waals surface area contributed by atoms with Crippen LogP contribution in [0.3, 0.4) is 0 Å². The molecule has 1 heterocycles. The summed E-state index contributed by atoms with van der Waals surface area (Å²) in [5, 5.41) is 12.3. The van der Waals surface area contributed by atoms with Gasteiger partial charge in [0.2, 0.25) is 5.79 Å². The molecular formula is C29H49BrO7. The summed E-state index contributed by atoms with van der Waals surface area (Å²) in [5.74, 6) is -1.18. The molecule has 8 heteroatoms. The highest BCUT2D eigenvalue weighted by Crippen LogP contribution is 2.42. The van der Waals surface area contributed by atoms with Crippen LogP contribution in [0.25, 0.3) is 0 Å². The zero-order valence-electron chi connectivity index (χ0n) is 23.5. The van der Waals surface area contributed by atoms with Gasteiger partial charge < -0.3 is 33.5 Å². The van der Waals surface area contributed by atoms with Gasteiger partial charge in [-0.3, -0.25) is 0 Å². The van der Waals surface area contributed by atoms with Gasteiger partial charge >= 0.3 is 0 Å². The van der Waals surface area contributed by atoms with E-state index < -0.39 is 30.2 Å². The van der Waals surface area contributed by atoms with Crippen LogP contribution in [0.1, 0.15) is 84.6 Å². The molecule has 37 heavy (non-hydrogen) atoms. The van der Waals surface area contributed by atoms with E-state index in [1.165, 1.54) is 0 Å². The fraction of sp³-hybridized carbons (Fsp3) is 0.793. The van der Waals surface area contributed by atoms with E-state index in [1.807, 2.05) is 12.1 Å². The van der Waals surface area contributed by atoms with Crippen LogP contribution in [0.4, 0.5) is 0 Å². The summed E-state index contributed by atoms with van der Waals surface area (Å²) in [6, 6.07) is 5.48. The van der Waals surface area contributed by atoms with E-state index in [2.05, 4.69) is 43.6 Å². The Morgan fingerprint density at radius 1 is 0.811 bits per heavy atom. The monoisotopic (exact) mass is 588 g/mol. The summed E-state index contributed by atoms with van der Waals surface area (Å²) in [6.45, 7) is 11.0. The van der Waals surface area contributed by atoms with Gasteiger partial charge in [-0.1, -0.05) is 69.3 Å². The Morgan fingerprint density at radius 2 is 1.38 bits per heavy atom. The van der Waals surface area contributed by atoms with Crippen LogP contribution in [0.5, 0.6) is 5.75 Å². The topological polar surface area (TPSA) is 75.6 Å². The third kappa shape index (κ3) is 9.75. The van der Waals surface area contributed by atoms with Gasteiger partial charge in [-0.05, 0) is 43.9 Å². The maximum atomic E-state index is 12.3. The van der Waals surface area contributed by atoms with E-state index in [-0.39, 0.29) is 0 Å². The van der Waals surface area contributed by atoms with Crippen molar-refractivity contribution in [2.45, 2.75) is 109 Å². The summed E-state index contributed by atoms with van der Waals surface area (Å²) in [7, 11) is 1.60. The van der Waals surface area contributed by atoms with Crippen molar-refractivity contribution in [1.82, 2.24) is 0 Å². The Labute approximate surface area is 232 Å². The second-order valence-electron chi connectivity index (χ2n) is 9.68. The molecule has 7 nitrogen and oxygen atoms in total. The van der Waals surface area contributed by atoms with Gasteiger partial charge in [-0.2, -0.15) is 0 Å². The highest BCUT2D eigenvalue weighted by molar-refractivity contribution is 9.10. The lowest BCUT2D eigenvalue weighted by atomic mass is 9.87. The molecule has 2 rings (SSSR count). The van der Waals surface area contributed by atoms with Crippen molar-refractivity contribution in [2.75, 3.05) is 40.1 Å². The number of methoxy groups -OCH3 is 1. The third-order valence-electron chi connectivity index (χ3n) is 6.56. The van der Waals surface area contributed by atoms with Crippen LogP contribution in [-0.2, 0) is 29.5 Å². The molecule has 0 amide bonds. The molecule has 1 aliphatic heterocycles. The van der Waals surface area contributed by atoms with E-state index in [0.29, 0.717) is 44.3 Å². The molecule has 1 unspecified atom stereocenters. The van der Waals surface area contributed by atoms with Gasteiger partial charge in [0.15, 0.2) is 0 Å². The molecule has 1 fully saturated rings. The van der Waals surface area contributed by atoms with Crippen molar-refractivity contribution in [3.63, 3.8) is 0 Å². The molecule has 1 aromatic carbocycles. The van der Waals surface area contributed by atoms with Crippen LogP contribution in [0.15, 0.2) is 22.7 Å². The molecule has 5 atom stereocenters. The average molecular weight is 590 g/mol. The summed E-state index contributed by atoms with van der Waals surface area (Å²) in [5.41, 5.74) is 0.537. The van der Waals surface area contributed by atoms with Crippen LogP contribution < -0.4 is 4.74 Å². The molecule has 0 aromatic heterocycles. The zero-order chi connectivity index (χ0) is 27.1. The Balaban J connectivity index is 2.52.